The number of carbonyl (C=O) groups is 2. The number of nitro benzene ring substituents is 1. The van der Waals surface area contributed by atoms with Crippen molar-refractivity contribution in [2.24, 2.45) is 0 Å². The van der Waals surface area contributed by atoms with Gasteiger partial charge in [0.15, 0.2) is 5.76 Å². The lowest BCUT2D eigenvalue weighted by atomic mass is 10.1. The van der Waals surface area contributed by atoms with Gasteiger partial charge in [0, 0.05) is 37.1 Å². The minimum Gasteiger partial charge on any atom is -0.459 e. The maximum Gasteiger partial charge on any atom is 0.291 e. The molecule has 1 heterocycles. The Hall–Kier alpha value is -4.14. The zero-order valence-corrected chi connectivity index (χ0v) is 15.5. The van der Waals surface area contributed by atoms with Crippen LogP contribution in [0.15, 0.2) is 65.3 Å². The van der Waals surface area contributed by atoms with Crippen LogP contribution in [-0.4, -0.2) is 23.8 Å². The Morgan fingerprint density at radius 3 is 2.59 bits per heavy atom. The third-order valence-electron chi connectivity index (χ3n) is 4.10. The first kappa shape index (κ1) is 19.6. The Morgan fingerprint density at radius 1 is 1.07 bits per heavy atom. The summed E-state index contributed by atoms with van der Waals surface area (Å²) < 4.78 is 5.07. The first-order valence-corrected chi connectivity index (χ1v) is 8.66. The van der Waals surface area contributed by atoms with E-state index in [9.17, 15) is 19.7 Å². The number of nitrogens with one attached hydrogen (secondary N) is 3. The maximum atomic E-state index is 12.1. The van der Waals surface area contributed by atoms with Crippen LogP contribution in [0.25, 0.3) is 0 Å². The van der Waals surface area contributed by atoms with Gasteiger partial charge in [-0.05, 0) is 35.9 Å². The molecule has 0 saturated heterocycles. The van der Waals surface area contributed by atoms with Crippen LogP contribution in [0.3, 0.4) is 0 Å². The second kappa shape index (κ2) is 8.70. The van der Waals surface area contributed by atoms with Gasteiger partial charge in [-0.15, -0.1) is 0 Å². The van der Waals surface area contributed by atoms with Crippen molar-refractivity contribution in [1.82, 2.24) is 5.32 Å². The molecule has 0 bridgehead atoms. The molecule has 0 saturated carbocycles. The number of furan rings is 1. The smallest absolute Gasteiger partial charge is 0.291 e. The van der Waals surface area contributed by atoms with Gasteiger partial charge in [-0.25, -0.2) is 0 Å². The van der Waals surface area contributed by atoms with Crippen molar-refractivity contribution in [2.45, 2.75) is 6.54 Å². The van der Waals surface area contributed by atoms with E-state index in [1.165, 1.54) is 31.5 Å². The van der Waals surface area contributed by atoms with Gasteiger partial charge in [0.1, 0.15) is 0 Å². The molecule has 2 aromatic carbocycles. The molecular weight excluding hydrogens is 376 g/mol. The van der Waals surface area contributed by atoms with Gasteiger partial charge >= 0.3 is 0 Å². The van der Waals surface area contributed by atoms with Crippen LogP contribution < -0.4 is 16.0 Å². The second-order valence-electron chi connectivity index (χ2n) is 6.05. The van der Waals surface area contributed by atoms with Crippen LogP contribution in [0, 0.1) is 10.1 Å². The molecule has 3 N–H and O–H groups in total. The van der Waals surface area contributed by atoms with Crippen molar-refractivity contribution in [1.29, 1.82) is 0 Å². The minimum atomic E-state index is -0.554. The molecule has 148 valence electrons. The number of rotatable bonds is 7. The van der Waals surface area contributed by atoms with E-state index >= 15 is 0 Å². The van der Waals surface area contributed by atoms with Gasteiger partial charge in [0.25, 0.3) is 17.5 Å². The van der Waals surface area contributed by atoms with E-state index in [1.54, 1.807) is 30.3 Å². The number of nitro groups is 1. The summed E-state index contributed by atoms with van der Waals surface area (Å²) in [6.45, 7) is 0.340. The molecule has 9 nitrogen and oxygen atoms in total. The summed E-state index contributed by atoms with van der Waals surface area (Å²) in [4.78, 5) is 34.6. The van der Waals surface area contributed by atoms with Crippen molar-refractivity contribution in [2.75, 3.05) is 17.7 Å². The quantitative estimate of drug-likeness (QED) is 0.416. The van der Waals surface area contributed by atoms with Crippen LogP contribution in [0.1, 0.15) is 26.5 Å². The normalized spacial score (nSPS) is 10.2. The van der Waals surface area contributed by atoms with Crippen molar-refractivity contribution in [3.8, 4) is 0 Å². The van der Waals surface area contributed by atoms with E-state index in [4.69, 9.17) is 4.42 Å². The predicted octanol–water partition coefficient (Wildman–Crippen LogP) is 3.41. The molecule has 1 aromatic heterocycles. The number of hydrogen-bond acceptors (Lipinski definition) is 6. The number of benzene rings is 2. The first-order chi connectivity index (χ1) is 14.0. The lowest BCUT2D eigenvalue weighted by molar-refractivity contribution is -0.384. The highest BCUT2D eigenvalue weighted by molar-refractivity contribution is 6.02. The number of anilines is 2. The van der Waals surface area contributed by atoms with E-state index in [0.717, 1.165) is 5.56 Å². The van der Waals surface area contributed by atoms with Gasteiger partial charge in [0.05, 0.1) is 16.7 Å². The fraction of sp³-hybridized carbons (Fsp3) is 0.100. The summed E-state index contributed by atoms with van der Waals surface area (Å²) in [7, 11) is 1.45. The van der Waals surface area contributed by atoms with E-state index in [1.807, 2.05) is 6.07 Å². The van der Waals surface area contributed by atoms with E-state index < -0.39 is 10.8 Å². The monoisotopic (exact) mass is 394 g/mol. The Kier molecular flexibility index (Phi) is 5.88. The molecule has 0 aliphatic rings. The standard InChI is InChI=1S/C20H18N4O5/c1-21-19(25)16-11-15(24(27)28)7-8-17(16)22-12-13-4-2-5-14(10-13)23-20(26)18-6-3-9-29-18/h2-11,22H,12H2,1H3,(H,21,25)(H,23,26). The number of hydrogen-bond donors (Lipinski definition) is 3. The second-order valence-corrected chi connectivity index (χ2v) is 6.05. The van der Waals surface area contributed by atoms with Gasteiger partial charge in [-0.1, -0.05) is 12.1 Å². The van der Waals surface area contributed by atoms with Gasteiger partial charge in [-0.2, -0.15) is 0 Å². The molecule has 9 heteroatoms. The highest BCUT2D eigenvalue weighted by atomic mass is 16.6. The average Bonchev–Trinajstić information content (AvgIpc) is 3.27. The van der Waals surface area contributed by atoms with Crippen LogP contribution >= 0.6 is 0 Å². The zero-order chi connectivity index (χ0) is 20.8. The van der Waals surface area contributed by atoms with Crippen molar-refractivity contribution < 1.29 is 18.9 Å². The van der Waals surface area contributed by atoms with Crippen molar-refractivity contribution in [3.05, 3.63) is 87.9 Å². The minimum absolute atomic E-state index is 0.170. The topological polar surface area (TPSA) is 127 Å². The Bertz CT molecular complexity index is 1050. The van der Waals surface area contributed by atoms with Gasteiger partial charge in [0.2, 0.25) is 0 Å². The lowest BCUT2D eigenvalue weighted by Gasteiger charge is -2.12. The van der Waals surface area contributed by atoms with E-state index in [2.05, 4.69) is 16.0 Å². The Labute approximate surface area is 165 Å². The third-order valence-corrected chi connectivity index (χ3v) is 4.10. The molecule has 0 aliphatic heterocycles. The molecule has 29 heavy (non-hydrogen) atoms. The number of nitrogens with zero attached hydrogens (tertiary/aromatic N) is 1. The largest absolute Gasteiger partial charge is 0.459 e. The summed E-state index contributed by atoms with van der Waals surface area (Å²) >= 11 is 0. The molecule has 0 unspecified atom stereocenters. The van der Waals surface area contributed by atoms with Crippen LogP contribution in [-0.2, 0) is 6.54 Å². The molecule has 3 rings (SSSR count). The highest BCUT2D eigenvalue weighted by Gasteiger charge is 2.16. The maximum absolute atomic E-state index is 12.1. The first-order valence-electron chi connectivity index (χ1n) is 8.66. The number of carbonyl (C=O) groups excluding carboxylic acids is 2. The molecule has 0 aliphatic carbocycles. The summed E-state index contributed by atoms with van der Waals surface area (Å²) in [5.41, 5.74) is 1.88. The molecule has 0 fully saturated rings. The number of amides is 2. The summed E-state index contributed by atoms with van der Waals surface area (Å²) in [6, 6.07) is 14.4. The van der Waals surface area contributed by atoms with Crippen molar-refractivity contribution >= 4 is 28.9 Å². The Balaban J connectivity index is 1.74. The molecular formula is C20H18N4O5. The fourth-order valence-corrected chi connectivity index (χ4v) is 2.68. The summed E-state index contributed by atoms with van der Waals surface area (Å²) in [5, 5.41) is 19.3. The van der Waals surface area contributed by atoms with E-state index in [0.29, 0.717) is 17.9 Å². The van der Waals surface area contributed by atoms with Gasteiger partial charge in [-0.3, -0.25) is 19.7 Å². The van der Waals surface area contributed by atoms with Crippen LogP contribution in [0.2, 0.25) is 0 Å². The molecule has 0 spiro atoms. The summed E-state index contributed by atoms with van der Waals surface area (Å²) in [6.07, 6.45) is 1.42. The Morgan fingerprint density at radius 2 is 1.90 bits per heavy atom. The highest BCUT2D eigenvalue weighted by Crippen LogP contribution is 2.23. The van der Waals surface area contributed by atoms with Crippen LogP contribution in [0.4, 0.5) is 17.1 Å². The van der Waals surface area contributed by atoms with E-state index in [-0.39, 0.29) is 22.9 Å². The summed E-state index contributed by atoms with van der Waals surface area (Å²) in [5.74, 6) is -0.595. The lowest BCUT2D eigenvalue weighted by Crippen LogP contribution is -2.20. The zero-order valence-electron chi connectivity index (χ0n) is 15.5. The van der Waals surface area contributed by atoms with Crippen LogP contribution in [0.5, 0.6) is 0 Å². The molecule has 3 aromatic rings. The third kappa shape index (κ3) is 4.78. The number of non-ortho nitro benzene ring substituents is 1. The molecule has 0 atom stereocenters. The van der Waals surface area contributed by atoms with Crippen molar-refractivity contribution in [3.63, 3.8) is 0 Å². The average molecular weight is 394 g/mol. The van der Waals surface area contributed by atoms with Gasteiger partial charge < -0.3 is 20.4 Å². The SMILES string of the molecule is CNC(=O)c1cc([N+](=O)[O-])ccc1NCc1cccc(NC(=O)c2ccco2)c1. The molecule has 2 amide bonds. The molecule has 0 radical (unpaired) electrons. The fourth-order valence-electron chi connectivity index (χ4n) is 2.68. The predicted molar refractivity (Wildman–Crippen MR) is 107 cm³/mol.